The van der Waals surface area contributed by atoms with E-state index >= 15 is 0 Å². The Bertz CT molecular complexity index is 1380. The van der Waals surface area contributed by atoms with Crippen LogP contribution in [0.15, 0.2) is 41.2 Å². The fourth-order valence-electron chi connectivity index (χ4n) is 3.76. The molecule has 3 heterocycles. The lowest BCUT2D eigenvalue weighted by molar-refractivity contribution is -0.139. The lowest BCUT2D eigenvalue weighted by atomic mass is 10.0. The van der Waals surface area contributed by atoms with Crippen molar-refractivity contribution in [1.82, 2.24) is 19.5 Å². The maximum Gasteiger partial charge on any atom is 0.417 e. The highest BCUT2D eigenvalue weighted by Gasteiger charge is 2.44. The number of nitrogens with zero attached hydrogens (tertiary/aromatic N) is 4. The van der Waals surface area contributed by atoms with Gasteiger partial charge in [-0.3, -0.25) is 4.79 Å². The summed E-state index contributed by atoms with van der Waals surface area (Å²) < 4.78 is 45.6. The predicted octanol–water partition coefficient (Wildman–Crippen LogP) is 5.22. The topological polar surface area (TPSA) is 93.5 Å². The van der Waals surface area contributed by atoms with Gasteiger partial charge >= 0.3 is 12.1 Å². The molecule has 164 valence electrons. The number of carbonyl (C=O) groups is 1. The maximum atomic E-state index is 13.0. The second-order valence-electron chi connectivity index (χ2n) is 7.72. The first kappa shape index (κ1) is 20.5. The quantitative estimate of drug-likeness (QED) is 0.447. The molecule has 11 heteroatoms. The normalized spacial score (nSPS) is 18.3. The number of fused-ring (bicyclic) bond motifs is 1. The largest absolute Gasteiger partial charge is 0.481 e. The summed E-state index contributed by atoms with van der Waals surface area (Å²) in [6.45, 7) is 1.86. The second-order valence-corrected chi connectivity index (χ2v) is 8.12. The van der Waals surface area contributed by atoms with E-state index in [0.29, 0.717) is 12.0 Å². The molecule has 1 aliphatic carbocycles. The van der Waals surface area contributed by atoms with Crippen LogP contribution in [0.2, 0.25) is 5.02 Å². The molecule has 1 saturated carbocycles. The number of alkyl halides is 3. The summed E-state index contributed by atoms with van der Waals surface area (Å²) in [7, 11) is 0. The van der Waals surface area contributed by atoms with Crippen molar-refractivity contribution in [3.63, 3.8) is 0 Å². The summed E-state index contributed by atoms with van der Waals surface area (Å²) in [5.74, 6) is -0.824. The van der Waals surface area contributed by atoms with Gasteiger partial charge in [0.25, 0.3) is 5.89 Å². The molecule has 0 radical (unpaired) electrons. The number of imidazole rings is 1. The zero-order valence-electron chi connectivity index (χ0n) is 16.4. The molecule has 1 aliphatic rings. The molecular formula is C21H14ClF3N4O3. The van der Waals surface area contributed by atoms with Crippen LogP contribution in [0.1, 0.15) is 29.0 Å². The van der Waals surface area contributed by atoms with E-state index in [9.17, 15) is 18.0 Å². The minimum atomic E-state index is -4.55. The van der Waals surface area contributed by atoms with Crippen molar-refractivity contribution >= 4 is 23.2 Å². The van der Waals surface area contributed by atoms with E-state index in [4.69, 9.17) is 21.2 Å². The first-order chi connectivity index (χ1) is 15.1. The fourth-order valence-corrected chi connectivity index (χ4v) is 4.01. The highest BCUT2D eigenvalue weighted by molar-refractivity contribution is 6.33. The standard InChI is InChI=1S/C21H14ClF3N4O3/c1-9-4-10(13-6-14(13)20(30)31)2-3-12(9)17-27-19(32-28-17)16-8-29-7-11(21(23,24)25)5-15(22)18(29)26-16/h2-5,7-8,13-14H,6H2,1H3,(H,30,31). The van der Waals surface area contributed by atoms with Crippen LogP contribution in [0.25, 0.3) is 28.6 Å². The molecular weight excluding hydrogens is 449 g/mol. The predicted molar refractivity (Wildman–Crippen MR) is 107 cm³/mol. The van der Waals surface area contributed by atoms with Gasteiger partial charge in [-0.2, -0.15) is 18.2 Å². The van der Waals surface area contributed by atoms with Crippen LogP contribution in [0.3, 0.4) is 0 Å². The van der Waals surface area contributed by atoms with E-state index in [1.807, 2.05) is 19.1 Å². The smallest absolute Gasteiger partial charge is 0.417 e. The Labute approximate surface area is 183 Å². The highest BCUT2D eigenvalue weighted by Crippen LogP contribution is 2.48. The van der Waals surface area contributed by atoms with Crippen LogP contribution in [0, 0.1) is 12.8 Å². The SMILES string of the molecule is Cc1cc(C2CC2C(=O)O)ccc1-c1noc(-c2cn3cc(C(F)(F)F)cc(Cl)c3n2)n1. The number of hydrogen-bond acceptors (Lipinski definition) is 5. The number of halogens is 4. The van der Waals surface area contributed by atoms with E-state index in [1.165, 1.54) is 10.6 Å². The van der Waals surface area contributed by atoms with Gasteiger partial charge in [-0.1, -0.05) is 35.0 Å². The summed E-state index contributed by atoms with van der Waals surface area (Å²) >= 11 is 5.98. The molecule has 5 rings (SSSR count). The van der Waals surface area contributed by atoms with E-state index in [-0.39, 0.29) is 39.9 Å². The van der Waals surface area contributed by atoms with Crippen LogP contribution in [-0.4, -0.2) is 30.6 Å². The van der Waals surface area contributed by atoms with E-state index in [1.54, 1.807) is 6.07 Å². The Balaban J connectivity index is 1.46. The van der Waals surface area contributed by atoms with Crippen LogP contribution in [-0.2, 0) is 11.0 Å². The Morgan fingerprint density at radius 2 is 2.03 bits per heavy atom. The summed E-state index contributed by atoms with van der Waals surface area (Å²) in [5, 5.41) is 12.9. The third kappa shape index (κ3) is 3.50. The van der Waals surface area contributed by atoms with Crippen LogP contribution >= 0.6 is 11.6 Å². The molecule has 4 aromatic rings. The average Bonchev–Trinajstić information content (AvgIpc) is 3.17. The summed E-state index contributed by atoms with van der Waals surface area (Å²) in [5.41, 5.74) is 1.89. The lowest BCUT2D eigenvalue weighted by Gasteiger charge is -2.07. The minimum Gasteiger partial charge on any atom is -0.481 e. The molecule has 0 bridgehead atoms. The Hall–Kier alpha value is -3.40. The zero-order valence-corrected chi connectivity index (χ0v) is 17.1. The number of aryl methyl sites for hydroxylation is 1. The van der Waals surface area contributed by atoms with Gasteiger partial charge in [-0.15, -0.1) is 0 Å². The maximum absolute atomic E-state index is 13.0. The van der Waals surface area contributed by atoms with Crippen molar-refractivity contribution in [2.24, 2.45) is 5.92 Å². The van der Waals surface area contributed by atoms with Crippen molar-refractivity contribution in [3.8, 4) is 23.0 Å². The van der Waals surface area contributed by atoms with Gasteiger partial charge in [-0.05, 0) is 36.5 Å². The van der Waals surface area contributed by atoms with Crippen molar-refractivity contribution in [1.29, 1.82) is 0 Å². The molecule has 1 N–H and O–H groups in total. The zero-order chi connectivity index (χ0) is 22.8. The molecule has 7 nitrogen and oxygen atoms in total. The molecule has 1 aromatic carbocycles. The Morgan fingerprint density at radius 3 is 2.69 bits per heavy atom. The molecule has 2 atom stereocenters. The first-order valence-electron chi connectivity index (χ1n) is 9.55. The number of pyridine rings is 1. The van der Waals surface area contributed by atoms with Gasteiger partial charge in [0.2, 0.25) is 5.82 Å². The molecule has 1 fully saturated rings. The van der Waals surface area contributed by atoms with Gasteiger partial charge in [0.1, 0.15) is 5.69 Å². The summed E-state index contributed by atoms with van der Waals surface area (Å²) in [4.78, 5) is 19.7. The first-order valence-corrected chi connectivity index (χ1v) is 9.93. The third-order valence-electron chi connectivity index (χ3n) is 5.51. The number of carboxylic acid groups (broad SMARTS) is 1. The monoisotopic (exact) mass is 462 g/mol. The number of aromatic nitrogens is 4. The molecule has 0 amide bonds. The second kappa shape index (κ2) is 7.06. The van der Waals surface area contributed by atoms with Gasteiger partial charge in [0.15, 0.2) is 5.65 Å². The van der Waals surface area contributed by atoms with E-state index in [0.717, 1.165) is 23.4 Å². The van der Waals surface area contributed by atoms with Crippen molar-refractivity contribution in [2.45, 2.75) is 25.4 Å². The Kier molecular flexibility index (Phi) is 4.52. The number of aliphatic carboxylic acids is 1. The van der Waals surface area contributed by atoms with Crippen molar-refractivity contribution < 1.29 is 27.6 Å². The number of hydrogen-bond donors (Lipinski definition) is 1. The lowest BCUT2D eigenvalue weighted by Crippen LogP contribution is -2.06. The van der Waals surface area contributed by atoms with E-state index < -0.39 is 17.7 Å². The number of rotatable bonds is 4. The molecule has 0 spiro atoms. The van der Waals surface area contributed by atoms with E-state index in [2.05, 4.69) is 15.1 Å². The summed E-state index contributed by atoms with van der Waals surface area (Å²) in [6, 6.07) is 6.36. The van der Waals surface area contributed by atoms with Crippen molar-refractivity contribution in [3.05, 3.63) is 58.4 Å². The molecule has 3 aromatic heterocycles. The van der Waals surface area contributed by atoms with Crippen LogP contribution in [0.4, 0.5) is 13.2 Å². The average molecular weight is 463 g/mol. The highest BCUT2D eigenvalue weighted by atomic mass is 35.5. The van der Waals surface area contributed by atoms with Gasteiger partial charge in [-0.25, -0.2) is 4.98 Å². The van der Waals surface area contributed by atoms with Crippen LogP contribution in [0.5, 0.6) is 0 Å². The van der Waals surface area contributed by atoms with Gasteiger partial charge in [0.05, 0.1) is 16.5 Å². The third-order valence-corrected chi connectivity index (χ3v) is 5.78. The van der Waals surface area contributed by atoms with Gasteiger partial charge < -0.3 is 14.0 Å². The summed E-state index contributed by atoms with van der Waals surface area (Å²) in [6.07, 6.45) is -1.70. The molecule has 0 aliphatic heterocycles. The van der Waals surface area contributed by atoms with Crippen LogP contribution < -0.4 is 0 Å². The number of carboxylic acids is 1. The Morgan fingerprint density at radius 1 is 1.25 bits per heavy atom. The van der Waals surface area contributed by atoms with Crippen molar-refractivity contribution in [2.75, 3.05) is 0 Å². The molecule has 0 saturated heterocycles. The fraction of sp³-hybridized carbons (Fsp3) is 0.238. The van der Waals surface area contributed by atoms with Gasteiger partial charge in [0, 0.05) is 18.0 Å². The molecule has 32 heavy (non-hydrogen) atoms. The number of benzene rings is 1. The minimum absolute atomic E-state index is 0.00499. The molecule has 2 unspecified atom stereocenters.